The minimum atomic E-state index is -0.720. The molecule has 0 saturated heterocycles. The lowest BCUT2D eigenvalue weighted by Gasteiger charge is -2.69. The standard InChI is InChI=1S/C46H54N6O5S/c1-29-33(21-47-52(29)45-24-43(5)23-44(6,25-45)27-46(26-43,28-45)56-20-19-55-7)31-15-16-37(49-38(31)40(54)57-42(2,3)4)51-18-17-30-11-10-12-32(34(30)22-51)39(53)50-41-48-35-13-8-9-14-36(35)58-41/h8-16,21H,17-20,22-28H2,1-7H3,(H,48,50,53). The number of methoxy groups -OCH3 is 1. The maximum atomic E-state index is 14.1. The normalized spacial score (nSPS) is 26.2. The Labute approximate surface area is 344 Å². The number of carbonyl (C=O) groups is 2. The average Bonchev–Trinajstić information content (AvgIpc) is 3.75. The first-order chi connectivity index (χ1) is 27.6. The largest absolute Gasteiger partial charge is 0.455 e. The van der Waals surface area contributed by atoms with E-state index in [2.05, 4.69) is 46.7 Å². The summed E-state index contributed by atoms with van der Waals surface area (Å²) < 4.78 is 21.5. The minimum Gasteiger partial charge on any atom is -0.455 e. The molecular formula is C46H54N6O5S. The molecule has 4 bridgehead atoms. The number of benzene rings is 2. The number of ether oxygens (including phenoxy) is 3. The van der Waals surface area contributed by atoms with Crippen molar-refractivity contribution >= 4 is 44.4 Å². The van der Waals surface area contributed by atoms with Crippen molar-refractivity contribution in [3.63, 3.8) is 0 Å². The maximum absolute atomic E-state index is 14.1. The fourth-order valence-corrected chi connectivity index (χ4v) is 12.7. The Balaban J connectivity index is 1.04. The van der Waals surface area contributed by atoms with E-state index in [1.54, 1.807) is 7.11 Å². The second kappa shape index (κ2) is 14.0. The number of anilines is 2. The number of aromatic nitrogens is 4. The molecule has 2 aromatic carbocycles. The van der Waals surface area contributed by atoms with Gasteiger partial charge in [-0.2, -0.15) is 5.10 Å². The van der Waals surface area contributed by atoms with E-state index in [1.165, 1.54) is 17.8 Å². The molecule has 1 amide bonds. The van der Waals surface area contributed by atoms with E-state index in [1.807, 2.05) is 75.5 Å². The van der Waals surface area contributed by atoms with Crippen molar-refractivity contribution in [2.75, 3.05) is 37.1 Å². The minimum absolute atomic E-state index is 0.142. The number of fused-ring (bicyclic) bond motifs is 2. The number of nitrogens with one attached hydrogen (secondary N) is 1. The van der Waals surface area contributed by atoms with Crippen molar-refractivity contribution in [3.05, 3.63) is 88.9 Å². The summed E-state index contributed by atoms with van der Waals surface area (Å²) in [4.78, 5) is 39.8. The quantitative estimate of drug-likeness (QED) is 0.109. The zero-order valence-electron chi connectivity index (χ0n) is 34.7. The van der Waals surface area contributed by atoms with Gasteiger partial charge in [-0.05, 0) is 119 Å². The monoisotopic (exact) mass is 802 g/mol. The van der Waals surface area contributed by atoms with E-state index in [-0.39, 0.29) is 33.6 Å². The van der Waals surface area contributed by atoms with Crippen molar-refractivity contribution in [3.8, 4) is 11.1 Å². The molecule has 2 unspecified atom stereocenters. The van der Waals surface area contributed by atoms with Gasteiger partial charge in [0.05, 0.1) is 40.8 Å². The lowest BCUT2D eigenvalue weighted by Crippen LogP contribution is -2.67. The molecule has 11 nitrogen and oxygen atoms in total. The van der Waals surface area contributed by atoms with Gasteiger partial charge in [0.2, 0.25) is 0 Å². The average molecular weight is 803 g/mol. The number of carbonyl (C=O) groups excluding carboxylic acids is 2. The van der Waals surface area contributed by atoms with Crippen LogP contribution in [0.5, 0.6) is 0 Å². The van der Waals surface area contributed by atoms with E-state index in [4.69, 9.17) is 24.3 Å². The van der Waals surface area contributed by atoms with Gasteiger partial charge in [0, 0.05) is 49.0 Å². The van der Waals surface area contributed by atoms with E-state index in [0.717, 1.165) is 71.1 Å². The third-order valence-corrected chi connectivity index (χ3v) is 13.7. The summed E-state index contributed by atoms with van der Waals surface area (Å²) in [6.45, 7) is 14.9. The van der Waals surface area contributed by atoms with E-state index >= 15 is 0 Å². The van der Waals surface area contributed by atoms with Crippen LogP contribution in [0.2, 0.25) is 0 Å². The highest BCUT2D eigenvalue weighted by atomic mass is 32.1. The van der Waals surface area contributed by atoms with Crippen LogP contribution in [0, 0.1) is 17.8 Å². The summed E-state index contributed by atoms with van der Waals surface area (Å²) in [5.74, 6) is -0.0265. The lowest BCUT2D eigenvalue weighted by molar-refractivity contribution is -0.243. The molecule has 2 atom stereocenters. The van der Waals surface area contributed by atoms with Crippen molar-refractivity contribution in [1.82, 2.24) is 19.7 Å². The number of nitrogens with zero attached hydrogens (tertiary/aromatic N) is 5. The summed E-state index contributed by atoms with van der Waals surface area (Å²) in [5, 5.41) is 8.77. The summed E-state index contributed by atoms with van der Waals surface area (Å²) in [5.41, 5.74) is 5.50. The molecule has 0 spiro atoms. The van der Waals surface area contributed by atoms with Crippen LogP contribution in [-0.4, -0.2) is 69.7 Å². The van der Waals surface area contributed by atoms with E-state index in [0.29, 0.717) is 48.4 Å². The van der Waals surface area contributed by atoms with E-state index in [9.17, 15) is 9.59 Å². The van der Waals surface area contributed by atoms with Crippen molar-refractivity contribution in [2.45, 2.75) is 110 Å². The predicted octanol–water partition coefficient (Wildman–Crippen LogP) is 9.12. The van der Waals surface area contributed by atoms with Crippen LogP contribution in [0.15, 0.2) is 60.8 Å². The smallest absolute Gasteiger partial charge is 0.358 e. The number of pyridine rings is 1. The number of hydrogen-bond donors (Lipinski definition) is 1. The molecule has 1 aliphatic heterocycles. The first-order valence-corrected chi connectivity index (χ1v) is 21.4. The maximum Gasteiger partial charge on any atom is 0.358 e. The second-order valence-corrected chi connectivity index (χ2v) is 20.1. The van der Waals surface area contributed by atoms with Gasteiger partial charge in [-0.25, -0.2) is 14.8 Å². The Morgan fingerprint density at radius 3 is 2.41 bits per heavy atom. The molecule has 4 aliphatic carbocycles. The Hall–Kier alpha value is -4.65. The predicted molar refractivity (Wildman–Crippen MR) is 227 cm³/mol. The first-order valence-electron chi connectivity index (χ1n) is 20.5. The third-order valence-electron chi connectivity index (χ3n) is 12.8. The molecule has 58 heavy (non-hydrogen) atoms. The fourth-order valence-electron chi connectivity index (χ4n) is 11.8. The van der Waals surface area contributed by atoms with Gasteiger partial charge in [0.25, 0.3) is 5.91 Å². The summed E-state index contributed by atoms with van der Waals surface area (Å²) in [6, 6.07) is 17.7. The SMILES string of the molecule is COCCOC12CC3(C)CC(C)(C1)CC(n1ncc(-c4ccc(N5CCc6cccc(C(=O)Nc7nc8ccccc8s7)c6C5)nc4C(=O)OC(C)(C)C)c1C)(C3)C2. The number of amides is 1. The van der Waals surface area contributed by atoms with Gasteiger partial charge in [0.15, 0.2) is 10.8 Å². The molecule has 5 aromatic rings. The van der Waals surface area contributed by atoms with Crippen LogP contribution < -0.4 is 10.2 Å². The molecule has 4 fully saturated rings. The van der Waals surface area contributed by atoms with Crippen LogP contribution in [-0.2, 0) is 32.7 Å². The number of para-hydroxylation sites is 1. The Morgan fingerprint density at radius 2 is 1.67 bits per heavy atom. The highest BCUT2D eigenvalue weighted by molar-refractivity contribution is 7.22. The van der Waals surface area contributed by atoms with Crippen molar-refractivity contribution < 1.29 is 23.8 Å². The van der Waals surface area contributed by atoms with Crippen LogP contribution in [0.1, 0.15) is 111 Å². The molecule has 10 rings (SSSR count). The molecule has 3 aromatic heterocycles. The van der Waals surface area contributed by atoms with Crippen molar-refractivity contribution in [1.29, 1.82) is 0 Å². The molecule has 304 valence electrons. The second-order valence-electron chi connectivity index (χ2n) is 19.1. The molecule has 0 radical (unpaired) electrons. The fraction of sp³-hybridized carbons (Fsp3) is 0.500. The zero-order chi connectivity index (χ0) is 40.7. The van der Waals surface area contributed by atoms with Gasteiger partial charge < -0.3 is 19.1 Å². The first kappa shape index (κ1) is 38.8. The number of esters is 1. The number of thiazole rings is 1. The van der Waals surface area contributed by atoms with Gasteiger partial charge in [-0.3, -0.25) is 14.8 Å². The zero-order valence-corrected chi connectivity index (χ0v) is 35.6. The molecular weight excluding hydrogens is 749 g/mol. The number of hydrogen-bond acceptors (Lipinski definition) is 10. The summed E-state index contributed by atoms with van der Waals surface area (Å²) in [6.07, 6.45) is 8.93. The Kier molecular flexibility index (Phi) is 9.37. The highest BCUT2D eigenvalue weighted by Crippen LogP contribution is 2.70. The molecule has 5 aliphatic rings. The highest BCUT2D eigenvalue weighted by Gasteiger charge is 2.67. The van der Waals surface area contributed by atoms with Gasteiger partial charge in [-0.15, -0.1) is 0 Å². The Bertz CT molecular complexity index is 2380. The topological polar surface area (TPSA) is 121 Å². The van der Waals surface area contributed by atoms with E-state index < -0.39 is 11.6 Å². The molecule has 1 N–H and O–H groups in total. The Morgan fingerprint density at radius 1 is 0.897 bits per heavy atom. The van der Waals surface area contributed by atoms with Gasteiger partial charge >= 0.3 is 5.97 Å². The van der Waals surface area contributed by atoms with Crippen LogP contribution in [0.25, 0.3) is 21.3 Å². The summed E-state index contributed by atoms with van der Waals surface area (Å²) >= 11 is 1.46. The van der Waals surface area contributed by atoms with Crippen LogP contribution >= 0.6 is 11.3 Å². The molecule has 12 heteroatoms. The van der Waals surface area contributed by atoms with Crippen molar-refractivity contribution in [2.24, 2.45) is 10.8 Å². The molecule has 4 heterocycles. The lowest BCUT2D eigenvalue weighted by atomic mass is 9.41. The van der Waals surface area contributed by atoms with Crippen LogP contribution in [0.3, 0.4) is 0 Å². The third kappa shape index (κ3) is 7.00. The number of rotatable bonds is 10. The summed E-state index contributed by atoms with van der Waals surface area (Å²) in [7, 11) is 1.73. The van der Waals surface area contributed by atoms with Crippen LogP contribution in [0.4, 0.5) is 10.9 Å². The van der Waals surface area contributed by atoms with Gasteiger partial charge in [0.1, 0.15) is 11.4 Å². The molecule has 4 saturated carbocycles. The van der Waals surface area contributed by atoms with Gasteiger partial charge in [-0.1, -0.05) is 49.4 Å².